The van der Waals surface area contributed by atoms with Crippen LogP contribution in [0.4, 0.5) is 5.69 Å². The molecule has 0 unspecified atom stereocenters. The second-order valence-corrected chi connectivity index (χ2v) is 8.36. The zero-order valence-electron chi connectivity index (χ0n) is 18.7. The second-order valence-electron chi connectivity index (χ2n) is 8.36. The van der Waals surface area contributed by atoms with Gasteiger partial charge < -0.3 is 10.2 Å². The summed E-state index contributed by atoms with van der Waals surface area (Å²) >= 11 is 0. The molecule has 2 amide bonds. The number of nitrogens with one attached hydrogen (secondary N) is 1. The third-order valence-corrected chi connectivity index (χ3v) is 6.20. The molecule has 6 nitrogen and oxygen atoms in total. The average Bonchev–Trinajstić information content (AvgIpc) is 2.82. The summed E-state index contributed by atoms with van der Waals surface area (Å²) in [5.41, 5.74) is 3.50. The van der Waals surface area contributed by atoms with Crippen LogP contribution >= 0.6 is 0 Å². The van der Waals surface area contributed by atoms with Gasteiger partial charge in [-0.05, 0) is 49.8 Å². The van der Waals surface area contributed by atoms with Crippen molar-refractivity contribution in [3.8, 4) is 0 Å². The highest BCUT2D eigenvalue weighted by Gasteiger charge is 2.22. The molecule has 0 atom stereocenters. The fraction of sp³-hybridized carbons (Fsp3) is 0.346. The Balaban J connectivity index is 1.67. The molecule has 1 aliphatic rings. The number of hydrogen-bond donors (Lipinski definition) is 1. The van der Waals surface area contributed by atoms with E-state index in [1.165, 1.54) is 10.6 Å². The minimum atomic E-state index is -0.347. The number of aromatic nitrogens is 1. The van der Waals surface area contributed by atoms with Crippen LogP contribution in [0, 0.1) is 6.92 Å². The van der Waals surface area contributed by atoms with E-state index < -0.39 is 0 Å². The van der Waals surface area contributed by atoms with Gasteiger partial charge in [0.2, 0.25) is 5.91 Å². The minimum Gasteiger partial charge on any atom is -0.339 e. The number of nitrogens with zero attached hydrogens (tertiary/aromatic N) is 2. The first-order valence-corrected chi connectivity index (χ1v) is 11.3. The van der Waals surface area contributed by atoms with Gasteiger partial charge in [0.15, 0.2) is 0 Å². The van der Waals surface area contributed by atoms with Crippen LogP contribution in [0.1, 0.15) is 47.7 Å². The highest BCUT2D eigenvalue weighted by atomic mass is 16.2. The normalized spacial score (nSPS) is 13.9. The number of benzene rings is 2. The van der Waals surface area contributed by atoms with E-state index in [0.717, 1.165) is 55.6 Å². The van der Waals surface area contributed by atoms with Crippen molar-refractivity contribution in [3.05, 3.63) is 75.6 Å². The van der Waals surface area contributed by atoms with E-state index >= 15 is 0 Å². The Hall–Kier alpha value is -3.41. The summed E-state index contributed by atoms with van der Waals surface area (Å²) in [6, 6.07) is 14.6. The van der Waals surface area contributed by atoms with Crippen LogP contribution in [0.3, 0.4) is 0 Å². The molecule has 4 rings (SSSR count). The van der Waals surface area contributed by atoms with Gasteiger partial charge in [0.05, 0.1) is 11.1 Å². The Morgan fingerprint density at radius 1 is 1.00 bits per heavy atom. The fourth-order valence-electron chi connectivity index (χ4n) is 4.47. The molecule has 0 saturated carbocycles. The number of para-hydroxylation sites is 2. The van der Waals surface area contributed by atoms with Gasteiger partial charge in [0.1, 0.15) is 6.54 Å². The number of carbonyl (C=O) groups is 2. The smallest absolute Gasteiger partial charge is 0.254 e. The molecule has 1 fully saturated rings. The quantitative estimate of drug-likeness (QED) is 0.660. The molecule has 1 aliphatic heterocycles. The highest BCUT2D eigenvalue weighted by Crippen LogP contribution is 2.23. The lowest BCUT2D eigenvalue weighted by Gasteiger charge is -2.27. The Morgan fingerprint density at radius 3 is 2.50 bits per heavy atom. The predicted octanol–water partition coefficient (Wildman–Crippen LogP) is 4.14. The Kier molecular flexibility index (Phi) is 6.40. The summed E-state index contributed by atoms with van der Waals surface area (Å²) in [5, 5.41) is 3.68. The summed E-state index contributed by atoms with van der Waals surface area (Å²) < 4.78 is 1.45. The SMILES string of the molecule is CCc1cccc(C)c1NC(=O)Cn1c(=O)cc(C(=O)N2CCCCC2)c2ccccc21. The van der Waals surface area contributed by atoms with Crippen molar-refractivity contribution in [2.45, 2.75) is 46.1 Å². The number of fused-ring (bicyclic) bond motifs is 1. The zero-order valence-corrected chi connectivity index (χ0v) is 18.7. The van der Waals surface area contributed by atoms with Gasteiger partial charge in [-0.3, -0.25) is 19.0 Å². The van der Waals surface area contributed by atoms with E-state index in [4.69, 9.17) is 0 Å². The summed E-state index contributed by atoms with van der Waals surface area (Å²) in [5.74, 6) is -0.376. The molecule has 1 aromatic heterocycles. The summed E-state index contributed by atoms with van der Waals surface area (Å²) in [7, 11) is 0. The van der Waals surface area contributed by atoms with E-state index in [1.807, 2.05) is 55.1 Å². The Morgan fingerprint density at radius 2 is 1.75 bits per heavy atom. The van der Waals surface area contributed by atoms with Gasteiger partial charge in [-0.25, -0.2) is 0 Å². The number of hydrogen-bond acceptors (Lipinski definition) is 3. The molecule has 1 N–H and O–H groups in total. The molecule has 0 spiro atoms. The van der Waals surface area contributed by atoms with Gasteiger partial charge in [-0.2, -0.15) is 0 Å². The lowest BCUT2D eigenvalue weighted by atomic mass is 10.0. The van der Waals surface area contributed by atoms with E-state index in [2.05, 4.69) is 5.32 Å². The van der Waals surface area contributed by atoms with Crippen molar-refractivity contribution < 1.29 is 9.59 Å². The van der Waals surface area contributed by atoms with Crippen LogP contribution in [0.15, 0.2) is 53.3 Å². The van der Waals surface area contributed by atoms with Gasteiger partial charge in [-0.15, -0.1) is 0 Å². The molecule has 2 heterocycles. The van der Waals surface area contributed by atoms with Crippen molar-refractivity contribution >= 4 is 28.4 Å². The average molecular weight is 432 g/mol. The lowest BCUT2D eigenvalue weighted by Crippen LogP contribution is -2.37. The molecule has 2 aromatic carbocycles. The number of likely N-dealkylation sites (tertiary alicyclic amines) is 1. The Bertz CT molecular complexity index is 1220. The molecular formula is C26H29N3O3. The largest absolute Gasteiger partial charge is 0.339 e. The maximum atomic E-state index is 13.1. The molecule has 6 heteroatoms. The summed E-state index contributed by atoms with van der Waals surface area (Å²) in [4.78, 5) is 40.9. The first-order valence-electron chi connectivity index (χ1n) is 11.3. The molecule has 166 valence electrons. The molecule has 0 radical (unpaired) electrons. The summed E-state index contributed by atoms with van der Waals surface area (Å²) in [6.07, 6.45) is 3.90. The molecule has 1 saturated heterocycles. The highest BCUT2D eigenvalue weighted by molar-refractivity contribution is 6.06. The third kappa shape index (κ3) is 4.31. The van der Waals surface area contributed by atoms with Crippen molar-refractivity contribution in [1.29, 1.82) is 0 Å². The van der Waals surface area contributed by atoms with Crippen LogP contribution in [-0.4, -0.2) is 34.4 Å². The first-order chi connectivity index (χ1) is 15.5. The van der Waals surface area contributed by atoms with Crippen molar-refractivity contribution in [3.63, 3.8) is 0 Å². The van der Waals surface area contributed by atoms with E-state index in [9.17, 15) is 14.4 Å². The number of aryl methyl sites for hydroxylation is 2. The molecule has 3 aromatic rings. The maximum absolute atomic E-state index is 13.1. The number of amides is 2. The Labute approximate surface area is 187 Å². The predicted molar refractivity (Wildman–Crippen MR) is 127 cm³/mol. The van der Waals surface area contributed by atoms with Gasteiger partial charge in [0, 0.05) is 30.2 Å². The van der Waals surface area contributed by atoms with Crippen LogP contribution in [0.2, 0.25) is 0 Å². The van der Waals surface area contributed by atoms with Gasteiger partial charge >= 0.3 is 0 Å². The zero-order chi connectivity index (χ0) is 22.7. The molecule has 0 bridgehead atoms. The van der Waals surface area contributed by atoms with E-state index in [1.54, 1.807) is 6.07 Å². The minimum absolute atomic E-state index is 0.109. The van der Waals surface area contributed by atoms with E-state index in [0.29, 0.717) is 16.5 Å². The fourth-order valence-corrected chi connectivity index (χ4v) is 4.47. The number of piperidine rings is 1. The second kappa shape index (κ2) is 9.39. The standard InChI is InChI=1S/C26H29N3O3/c1-3-19-11-9-10-18(2)25(19)27-23(30)17-29-22-13-6-5-12-20(22)21(16-24(29)31)26(32)28-14-7-4-8-15-28/h5-6,9-13,16H,3-4,7-8,14-15,17H2,1-2H3,(H,27,30). The molecule has 32 heavy (non-hydrogen) atoms. The summed E-state index contributed by atoms with van der Waals surface area (Å²) in [6.45, 7) is 5.32. The maximum Gasteiger partial charge on any atom is 0.254 e. The molecule has 0 aliphatic carbocycles. The lowest BCUT2D eigenvalue weighted by molar-refractivity contribution is -0.116. The topological polar surface area (TPSA) is 71.4 Å². The monoisotopic (exact) mass is 431 g/mol. The van der Waals surface area contributed by atoms with Crippen molar-refractivity contribution in [2.24, 2.45) is 0 Å². The first kappa shape index (κ1) is 21.8. The number of carbonyl (C=O) groups excluding carboxylic acids is 2. The van der Waals surface area contributed by atoms with Gasteiger partial charge in [0.25, 0.3) is 11.5 Å². The number of pyridine rings is 1. The van der Waals surface area contributed by atoms with Gasteiger partial charge in [-0.1, -0.05) is 43.3 Å². The molecular weight excluding hydrogens is 402 g/mol. The van der Waals surface area contributed by atoms with Crippen LogP contribution in [0.5, 0.6) is 0 Å². The number of anilines is 1. The van der Waals surface area contributed by atoms with Crippen molar-refractivity contribution in [1.82, 2.24) is 9.47 Å². The van der Waals surface area contributed by atoms with Crippen LogP contribution in [-0.2, 0) is 17.8 Å². The third-order valence-electron chi connectivity index (χ3n) is 6.20. The van der Waals surface area contributed by atoms with E-state index in [-0.39, 0.29) is 23.9 Å². The number of rotatable bonds is 5. The van der Waals surface area contributed by atoms with Crippen molar-refractivity contribution in [2.75, 3.05) is 18.4 Å². The van der Waals surface area contributed by atoms with Crippen LogP contribution in [0.25, 0.3) is 10.9 Å². The van der Waals surface area contributed by atoms with Crippen LogP contribution < -0.4 is 10.9 Å².